The molecule has 17 heavy (non-hydrogen) atoms. The molecule has 0 radical (unpaired) electrons. The molecule has 2 aromatic rings. The molecule has 0 bridgehead atoms. The Balaban J connectivity index is 2.31. The smallest absolute Gasteiger partial charge is 0.216 e. The zero-order valence-electron chi connectivity index (χ0n) is 10.8. The van der Waals surface area contributed by atoms with Gasteiger partial charge in [-0.15, -0.1) is 21.5 Å². The number of rotatable bonds is 2. The van der Waals surface area contributed by atoms with Gasteiger partial charge in [0, 0.05) is 11.6 Å². The Kier molecular flexibility index (Phi) is 2.99. The van der Waals surface area contributed by atoms with Crippen molar-refractivity contribution >= 4 is 11.3 Å². The van der Waals surface area contributed by atoms with E-state index >= 15 is 0 Å². The topological polar surface area (TPSA) is 56.5 Å². The largest absolute Gasteiger partial charge is 0.248 e. The minimum absolute atomic E-state index is 0.0664. The lowest BCUT2D eigenvalue weighted by Gasteiger charge is -2.13. The van der Waals surface area contributed by atoms with Crippen molar-refractivity contribution in [1.29, 1.82) is 0 Å². The van der Waals surface area contributed by atoms with Crippen LogP contribution in [-0.4, -0.2) is 25.2 Å². The summed E-state index contributed by atoms with van der Waals surface area (Å²) in [6, 6.07) is 0.228. The summed E-state index contributed by atoms with van der Waals surface area (Å²) in [6.07, 6.45) is 1.83. The molecular weight excluding hydrogens is 234 g/mol. The molecule has 0 aliphatic carbocycles. The third-order valence-corrected chi connectivity index (χ3v) is 3.68. The Morgan fingerprint density at radius 3 is 2.47 bits per heavy atom. The van der Waals surface area contributed by atoms with Gasteiger partial charge >= 0.3 is 0 Å². The predicted molar refractivity (Wildman–Crippen MR) is 68.0 cm³/mol. The minimum atomic E-state index is 0.0664. The van der Waals surface area contributed by atoms with Gasteiger partial charge in [0.2, 0.25) is 5.82 Å². The zero-order valence-corrected chi connectivity index (χ0v) is 11.6. The summed E-state index contributed by atoms with van der Waals surface area (Å²) >= 11 is 1.63. The first-order valence-corrected chi connectivity index (χ1v) is 6.46. The first-order chi connectivity index (χ1) is 7.88. The van der Waals surface area contributed by atoms with E-state index in [1.54, 1.807) is 16.1 Å². The van der Waals surface area contributed by atoms with Crippen LogP contribution >= 0.6 is 11.3 Å². The van der Waals surface area contributed by atoms with E-state index < -0.39 is 0 Å². The van der Waals surface area contributed by atoms with Crippen LogP contribution < -0.4 is 0 Å². The van der Waals surface area contributed by atoms with Gasteiger partial charge in [0.05, 0.1) is 15.9 Å². The van der Waals surface area contributed by atoms with Gasteiger partial charge in [-0.1, -0.05) is 20.8 Å². The van der Waals surface area contributed by atoms with Crippen LogP contribution in [-0.2, 0) is 5.41 Å². The second-order valence-corrected chi connectivity index (χ2v) is 6.34. The maximum Gasteiger partial charge on any atom is 0.216 e. The van der Waals surface area contributed by atoms with Crippen molar-refractivity contribution in [3.8, 4) is 10.7 Å². The van der Waals surface area contributed by atoms with E-state index in [2.05, 4.69) is 41.2 Å². The van der Waals surface area contributed by atoms with E-state index in [0.717, 1.165) is 9.88 Å². The summed E-state index contributed by atoms with van der Waals surface area (Å²) in [6.45, 7) is 10.5. The second kappa shape index (κ2) is 4.18. The van der Waals surface area contributed by atoms with Crippen molar-refractivity contribution in [3.63, 3.8) is 0 Å². The minimum Gasteiger partial charge on any atom is -0.248 e. The fraction of sp³-hybridized carbons (Fsp3) is 0.636. The lowest BCUT2D eigenvalue weighted by atomic mass is 9.98. The zero-order chi connectivity index (χ0) is 12.6. The van der Waals surface area contributed by atoms with Crippen LogP contribution in [0.2, 0.25) is 0 Å². The van der Waals surface area contributed by atoms with Gasteiger partial charge in [-0.2, -0.15) is 4.80 Å². The highest BCUT2D eigenvalue weighted by molar-refractivity contribution is 7.15. The van der Waals surface area contributed by atoms with Crippen LogP contribution in [0.15, 0.2) is 6.20 Å². The Morgan fingerprint density at radius 1 is 1.29 bits per heavy atom. The van der Waals surface area contributed by atoms with E-state index in [0.29, 0.717) is 5.82 Å². The molecule has 6 heteroatoms. The van der Waals surface area contributed by atoms with Gasteiger partial charge in [0.25, 0.3) is 0 Å². The van der Waals surface area contributed by atoms with Crippen molar-refractivity contribution in [1.82, 2.24) is 25.2 Å². The molecular formula is C11H17N5S. The van der Waals surface area contributed by atoms with Gasteiger partial charge in [0.15, 0.2) is 0 Å². The van der Waals surface area contributed by atoms with Crippen molar-refractivity contribution in [2.24, 2.45) is 0 Å². The number of hydrogen-bond donors (Lipinski definition) is 0. The number of tetrazole rings is 1. The molecule has 0 fully saturated rings. The van der Waals surface area contributed by atoms with Gasteiger partial charge in [-0.05, 0) is 19.1 Å². The van der Waals surface area contributed by atoms with Crippen molar-refractivity contribution in [2.45, 2.75) is 46.1 Å². The van der Waals surface area contributed by atoms with E-state index in [4.69, 9.17) is 0 Å². The SMILES string of the molecule is CC(C)n1nnc(-c2cnc(C(C)(C)C)s2)n1. The third kappa shape index (κ3) is 2.52. The normalized spacial score (nSPS) is 12.4. The molecule has 2 aromatic heterocycles. The standard InChI is InChI=1S/C11H17N5S/c1-7(2)16-14-9(13-15-16)8-6-12-10(17-8)11(3,4)5/h6-7H,1-5H3. The van der Waals surface area contributed by atoms with Gasteiger partial charge in [-0.3, -0.25) is 0 Å². The molecule has 0 amide bonds. The molecule has 0 spiro atoms. The van der Waals surface area contributed by atoms with Gasteiger partial charge < -0.3 is 0 Å². The molecule has 0 saturated heterocycles. The molecule has 5 nitrogen and oxygen atoms in total. The molecule has 0 aliphatic heterocycles. The molecule has 0 aliphatic rings. The number of thiazole rings is 1. The summed E-state index contributed by atoms with van der Waals surface area (Å²) < 4.78 is 0. The summed E-state index contributed by atoms with van der Waals surface area (Å²) in [5.41, 5.74) is 0.0664. The van der Waals surface area contributed by atoms with E-state index in [-0.39, 0.29) is 11.5 Å². The molecule has 0 atom stereocenters. The predicted octanol–water partition coefficient (Wildman–Crippen LogP) is 2.68. The van der Waals surface area contributed by atoms with E-state index in [1.807, 2.05) is 20.0 Å². The fourth-order valence-corrected chi connectivity index (χ4v) is 2.17. The van der Waals surface area contributed by atoms with Crippen LogP contribution in [0.4, 0.5) is 0 Å². The molecule has 0 N–H and O–H groups in total. The van der Waals surface area contributed by atoms with Gasteiger partial charge in [0.1, 0.15) is 0 Å². The fourth-order valence-electron chi connectivity index (χ4n) is 1.27. The third-order valence-electron chi connectivity index (χ3n) is 2.26. The lowest BCUT2D eigenvalue weighted by Crippen LogP contribution is -2.09. The molecule has 0 aromatic carbocycles. The molecule has 2 heterocycles. The summed E-state index contributed by atoms with van der Waals surface area (Å²) in [5, 5.41) is 13.5. The van der Waals surface area contributed by atoms with Crippen LogP contribution in [0.3, 0.4) is 0 Å². The van der Waals surface area contributed by atoms with E-state index in [9.17, 15) is 0 Å². The number of hydrogen-bond acceptors (Lipinski definition) is 5. The van der Waals surface area contributed by atoms with Crippen LogP contribution in [0.1, 0.15) is 45.7 Å². The monoisotopic (exact) mass is 251 g/mol. The van der Waals surface area contributed by atoms with Crippen LogP contribution in [0.5, 0.6) is 0 Å². The first-order valence-electron chi connectivity index (χ1n) is 5.64. The van der Waals surface area contributed by atoms with E-state index in [1.165, 1.54) is 0 Å². The number of nitrogens with zero attached hydrogens (tertiary/aromatic N) is 5. The Labute approximate surface area is 105 Å². The van der Waals surface area contributed by atoms with Crippen molar-refractivity contribution in [2.75, 3.05) is 0 Å². The molecule has 2 rings (SSSR count). The average Bonchev–Trinajstić information content (AvgIpc) is 2.85. The summed E-state index contributed by atoms with van der Waals surface area (Å²) in [5.74, 6) is 0.659. The molecule has 92 valence electrons. The van der Waals surface area contributed by atoms with Gasteiger partial charge in [-0.25, -0.2) is 4.98 Å². The highest BCUT2D eigenvalue weighted by Crippen LogP contribution is 2.30. The summed E-state index contributed by atoms with van der Waals surface area (Å²) in [4.78, 5) is 7.01. The quantitative estimate of drug-likeness (QED) is 0.823. The van der Waals surface area contributed by atoms with Crippen molar-refractivity contribution < 1.29 is 0 Å². The lowest BCUT2D eigenvalue weighted by molar-refractivity contribution is 0.455. The van der Waals surface area contributed by atoms with Crippen LogP contribution in [0, 0.1) is 0 Å². The maximum atomic E-state index is 4.42. The average molecular weight is 251 g/mol. The molecule has 0 saturated carbocycles. The Morgan fingerprint density at radius 2 is 2.00 bits per heavy atom. The maximum absolute atomic E-state index is 4.42. The Bertz CT molecular complexity index is 506. The highest BCUT2D eigenvalue weighted by atomic mass is 32.1. The number of aromatic nitrogens is 5. The first kappa shape index (κ1) is 12.2. The van der Waals surface area contributed by atoms with Crippen LogP contribution in [0.25, 0.3) is 10.7 Å². The van der Waals surface area contributed by atoms with Crippen molar-refractivity contribution in [3.05, 3.63) is 11.2 Å². The highest BCUT2D eigenvalue weighted by Gasteiger charge is 2.20. The Hall–Kier alpha value is -1.30. The summed E-state index contributed by atoms with van der Waals surface area (Å²) in [7, 11) is 0. The second-order valence-electron chi connectivity index (χ2n) is 5.31. The molecule has 0 unspecified atom stereocenters.